The van der Waals surface area contributed by atoms with E-state index in [1.165, 1.54) is 12.0 Å². The van der Waals surface area contributed by atoms with E-state index in [0.29, 0.717) is 27.7 Å². The fourth-order valence-electron chi connectivity index (χ4n) is 3.75. The number of aryl methyl sites for hydroxylation is 2. The Balaban J connectivity index is 1.59. The van der Waals surface area contributed by atoms with Crippen molar-refractivity contribution in [1.82, 2.24) is 10.2 Å². The summed E-state index contributed by atoms with van der Waals surface area (Å²) in [7, 11) is 1.47. The topological polar surface area (TPSA) is 97.0 Å². The Kier molecular flexibility index (Phi) is 5.80. The molecule has 2 aromatic carbocycles. The lowest BCUT2D eigenvalue weighted by Gasteiger charge is -2.32. The number of carbonyl (C=O) groups is 3. The van der Waals surface area contributed by atoms with Crippen molar-refractivity contribution < 1.29 is 23.9 Å². The molecule has 8 nitrogen and oxygen atoms in total. The molecule has 0 aromatic heterocycles. The van der Waals surface area contributed by atoms with Crippen molar-refractivity contribution in [3.05, 3.63) is 69.4 Å². The molecule has 0 saturated carbocycles. The molecule has 2 aliphatic heterocycles. The average molecular weight is 456 g/mol. The summed E-state index contributed by atoms with van der Waals surface area (Å²) >= 11 is 6.12. The molecule has 4 rings (SSSR count). The van der Waals surface area contributed by atoms with Crippen LogP contribution in [0.3, 0.4) is 0 Å². The summed E-state index contributed by atoms with van der Waals surface area (Å²) in [6.45, 7) is 3.39. The Labute approximate surface area is 190 Å². The molecule has 166 valence electrons. The van der Waals surface area contributed by atoms with E-state index in [4.69, 9.17) is 21.1 Å². The molecule has 3 amide bonds. The number of methoxy groups -OCH3 is 1. The highest BCUT2D eigenvalue weighted by molar-refractivity contribution is 6.31. The van der Waals surface area contributed by atoms with Gasteiger partial charge in [-0.1, -0.05) is 41.4 Å². The van der Waals surface area contributed by atoms with Gasteiger partial charge in [0, 0.05) is 11.1 Å². The van der Waals surface area contributed by atoms with Gasteiger partial charge in [-0.3, -0.25) is 9.69 Å². The smallest absolute Gasteiger partial charge is 0.338 e. The first-order chi connectivity index (χ1) is 15.3. The molecule has 9 heteroatoms. The van der Waals surface area contributed by atoms with Crippen molar-refractivity contribution in [1.29, 1.82) is 0 Å². The molecule has 2 N–H and O–H groups in total. The Morgan fingerprint density at radius 2 is 1.97 bits per heavy atom. The molecule has 32 heavy (non-hydrogen) atoms. The number of hydrogen-bond acceptors (Lipinski definition) is 5. The third-order valence-corrected chi connectivity index (χ3v) is 5.87. The predicted molar refractivity (Wildman–Crippen MR) is 119 cm³/mol. The minimum Gasteiger partial charge on any atom is -0.495 e. The summed E-state index contributed by atoms with van der Waals surface area (Å²) < 4.78 is 10.5. The highest BCUT2D eigenvalue weighted by Gasteiger charge is 2.42. The number of ether oxygens (including phenoxy) is 2. The summed E-state index contributed by atoms with van der Waals surface area (Å²) in [5.74, 6) is -0.568. The number of cyclic esters (lactones) is 1. The van der Waals surface area contributed by atoms with Crippen molar-refractivity contribution >= 4 is 35.2 Å². The van der Waals surface area contributed by atoms with Crippen molar-refractivity contribution in [3.8, 4) is 5.75 Å². The molecule has 2 aliphatic rings. The molecule has 1 atom stereocenters. The third-order valence-electron chi connectivity index (χ3n) is 5.47. The van der Waals surface area contributed by atoms with Crippen LogP contribution in [-0.2, 0) is 14.3 Å². The van der Waals surface area contributed by atoms with Crippen LogP contribution in [0.25, 0.3) is 0 Å². The van der Waals surface area contributed by atoms with Crippen LogP contribution < -0.4 is 15.4 Å². The van der Waals surface area contributed by atoms with Crippen LogP contribution in [0, 0.1) is 13.8 Å². The Bertz CT molecular complexity index is 1140. The van der Waals surface area contributed by atoms with E-state index in [1.807, 2.05) is 31.2 Å². The Hall–Kier alpha value is -3.52. The minimum absolute atomic E-state index is 0.0688. The first-order valence-corrected chi connectivity index (χ1v) is 10.3. The number of anilines is 1. The van der Waals surface area contributed by atoms with Crippen LogP contribution in [0.1, 0.15) is 22.7 Å². The molecule has 0 aliphatic carbocycles. The number of nitrogens with zero attached hydrogens (tertiary/aromatic N) is 1. The van der Waals surface area contributed by atoms with Gasteiger partial charge in [-0.05, 0) is 31.0 Å². The van der Waals surface area contributed by atoms with E-state index in [9.17, 15) is 14.4 Å². The minimum atomic E-state index is -0.633. The number of carbonyl (C=O) groups excluding carboxylic acids is 3. The van der Waals surface area contributed by atoms with Gasteiger partial charge in [-0.15, -0.1) is 0 Å². The summed E-state index contributed by atoms with van der Waals surface area (Å²) in [5, 5.41) is 6.07. The van der Waals surface area contributed by atoms with Crippen molar-refractivity contribution in [2.45, 2.75) is 19.9 Å². The van der Waals surface area contributed by atoms with E-state index in [0.717, 1.165) is 16.7 Å². The fraction of sp³-hybridized carbons (Fsp3) is 0.261. The van der Waals surface area contributed by atoms with Gasteiger partial charge in [0.2, 0.25) is 5.91 Å². The van der Waals surface area contributed by atoms with Gasteiger partial charge < -0.3 is 20.1 Å². The van der Waals surface area contributed by atoms with Crippen molar-refractivity contribution in [2.24, 2.45) is 0 Å². The number of esters is 1. The summed E-state index contributed by atoms with van der Waals surface area (Å²) in [4.78, 5) is 39.4. The lowest BCUT2D eigenvalue weighted by Crippen LogP contribution is -2.49. The van der Waals surface area contributed by atoms with E-state index in [1.54, 1.807) is 19.1 Å². The van der Waals surface area contributed by atoms with Crippen LogP contribution >= 0.6 is 11.6 Å². The lowest BCUT2D eigenvalue weighted by atomic mass is 9.95. The SMILES string of the molecule is COc1cc(Cl)c(C)cc1NC(=O)CN1C(=O)N[C@H](c2ccc(C)cc2)C2=C1COC2=O. The van der Waals surface area contributed by atoms with Gasteiger partial charge in [0.15, 0.2) is 0 Å². The molecular weight excluding hydrogens is 434 g/mol. The van der Waals surface area contributed by atoms with Gasteiger partial charge >= 0.3 is 12.0 Å². The normalized spacial score (nSPS) is 17.6. The van der Waals surface area contributed by atoms with E-state index >= 15 is 0 Å². The quantitative estimate of drug-likeness (QED) is 0.673. The standard InChI is InChI=1S/C23H22ClN3O5/c1-12-4-6-14(7-5-12)21-20-17(11-32-22(20)29)27(23(30)26-21)10-19(28)25-16-8-13(2)15(24)9-18(16)31-3/h4-9,21H,10-11H2,1-3H3,(H,25,28)(H,26,30)/t21-/m1/s1. The number of rotatable bonds is 5. The highest BCUT2D eigenvalue weighted by Crippen LogP contribution is 2.35. The van der Waals surface area contributed by atoms with Gasteiger partial charge in [0.1, 0.15) is 18.9 Å². The second-order valence-corrected chi connectivity index (χ2v) is 8.07. The largest absolute Gasteiger partial charge is 0.495 e. The molecule has 2 aromatic rings. The maximum atomic E-state index is 12.9. The number of benzene rings is 2. The first kappa shape index (κ1) is 21.7. The summed E-state index contributed by atoms with van der Waals surface area (Å²) in [6.07, 6.45) is 0. The zero-order valence-electron chi connectivity index (χ0n) is 17.8. The Morgan fingerprint density at radius 1 is 1.25 bits per heavy atom. The Morgan fingerprint density at radius 3 is 2.66 bits per heavy atom. The zero-order chi connectivity index (χ0) is 23.0. The fourth-order valence-corrected chi connectivity index (χ4v) is 3.90. The number of urea groups is 1. The molecule has 0 bridgehead atoms. The number of amides is 3. The van der Waals surface area contributed by atoms with Gasteiger partial charge in [-0.25, -0.2) is 9.59 Å². The summed E-state index contributed by atoms with van der Waals surface area (Å²) in [6, 6.07) is 9.70. The number of nitrogens with one attached hydrogen (secondary N) is 2. The number of halogens is 1. The van der Waals surface area contributed by atoms with E-state index < -0.39 is 23.9 Å². The second-order valence-electron chi connectivity index (χ2n) is 7.67. The predicted octanol–water partition coefficient (Wildman–Crippen LogP) is 3.48. The zero-order valence-corrected chi connectivity index (χ0v) is 18.6. The molecule has 2 heterocycles. The molecule has 0 unspecified atom stereocenters. The molecule has 0 fully saturated rings. The van der Waals surface area contributed by atoms with Crippen LogP contribution in [0.5, 0.6) is 5.75 Å². The second kappa shape index (κ2) is 8.55. The monoisotopic (exact) mass is 455 g/mol. The van der Waals surface area contributed by atoms with Gasteiger partial charge in [0.05, 0.1) is 30.1 Å². The van der Waals surface area contributed by atoms with Crippen molar-refractivity contribution in [3.63, 3.8) is 0 Å². The number of hydrogen-bond donors (Lipinski definition) is 2. The third kappa shape index (κ3) is 4.01. The van der Waals surface area contributed by atoms with Gasteiger partial charge in [0.25, 0.3) is 0 Å². The maximum absolute atomic E-state index is 12.9. The molecule has 0 saturated heterocycles. The molecule has 0 radical (unpaired) electrons. The van der Waals surface area contributed by atoms with E-state index in [-0.39, 0.29) is 13.2 Å². The summed E-state index contributed by atoms with van der Waals surface area (Å²) in [5.41, 5.74) is 3.74. The molecular formula is C23H22ClN3O5. The first-order valence-electron chi connectivity index (χ1n) is 9.97. The van der Waals surface area contributed by atoms with Crippen LogP contribution in [0.15, 0.2) is 47.7 Å². The van der Waals surface area contributed by atoms with Gasteiger partial charge in [-0.2, -0.15) is 0 Å². The van der Waals surface area contributed by atoms with Crippen LogP contribution in [0.2, 0.25) is 5.02 Å². The molecule has 0 spiro atoms. The highest BCUT2D eigenvalue weighted by atomic mass is 35.5. The maximum Gasteiger partial charge on any atom is 0.338 e. The van der Waals surface area contributed by atoms with Crippen molar-refractivity contribution in [2.75, 3.05) is 25.6 Å². The van der Waals surface area contributed by atoms with E-state index in [2.05, 4.69) is 10.6 Å². The average Bonchev–Trinajstić information content (AvgIpc) is 3.14. The lowest BCUT2D eigenvalue weighted by molar-refractivity contribution is -0.136. The van der Waals surface area contributed by atoms with Crippen LogP contribution in [-0.4, -0.2) is 43.1 Å². The van der Waals surface area contributed by atoms with Crippen LogP contribution in [0.4, 0.5) is 10.5 Å².